The Balaban J connectivity index is 1.57. The topological polar surface area (TPSA) is 33.1 Å². The SMILES string of the molecule is Cn1cc(CN2CCNC(C3CC3)C2)cn1. The largest absolute Gasteiger partial charge is 0.311 e. The molecule has 1 N–H and O–H groups in total. The Hall–Kier alpha value is -0.870. The Bertz CT molecular complexity index is 356. The summed E-state index contributed by atoms with van der Waals surface area (Å²) < 4.78 is 1.88. The molecule has 0 radical (unpaired) electrons. The van der Waals surface area contributed by atoms with Gasteiger partial charge in [0.2, 0.25) is 0 Å². The van der Waals surface area contributed by atoms with Crippen LogP contribution in [-0.2, 0) is 13.6 Å². The van der Waals surface area contributed by atoms with Crippen LogP contribution in [0.25, 0.3) is 0 Å². The van der Waals surface area contributed by atoms with Crippen LogP contribution in [0.3, 0.4) is 0 Å². The molecule has 0 aromatic carbocycles. The van der Waals surface area contributed by atoms with Crippen molar-refractivity contribution in [2.75, 3.05) is 19.6 Å². The van der Waals surface area contributed by atoms with Crippen molar-refractivity contribution in [3.63, 3.8) is 0 Å². The third-order valence-electron chi connectivity index (χ3n) is 3.65. The standard InChI is InChI=1S/C12H20N4/c1-15-7-10(6-14-15)8-16-5-4-13-12(9-16)11-2-3-11/h6-7,11-13H,2-5,8-9H2,1H3. The normalized spacial score (nSPS) is 27.2. The summed E-state index contributed by atoms with van der Waals surface area (Å²) in [6.07, 6.45) is 6.96. The number of nitrogens with zero attached hydrogens (tertiary/aromatic N) is 3. The lowest BCUT2D eigenvalue weighted by molar-refractivity contribution is 0.181. The van der Waals surface area contributed by atoms with Crippen molar-refractivity contribution >= 4 is 0 Å². The molecular formula is C12H20N4. The van der Waals surface area contributed by atoms with Crippen LogP contribution in [0.4, 0.5) is 0 Å². The highest BCUT2D eigenvalue weighted by molar-refractivity contribution is 5.04. The lowest BCUT2D eigenvalue weighted by atomic mass is 10.1. The second-order valence-electron chi connectivity index (χ2n) is 5.16. The second-order valence-corrected chi connectivity index (χ2v) is 5.16. The van der Waals surface area contributed by atoms with E-state index in [0.717, 1.165) is 31.6 Å². The van der Waals surface area contributed by atoms with Crippen molar-refractivity contribution in [2.24, 2.45) is 13.0 Å². The first-order valence-corrected chi connectivity index (χ1v) is 6.24. The summed E-state index contributed by atoms with van der Waals surface area (Å²) in [6.45, 7) is 4.57. The molecule has 2 aliphatic rings. The Morgan fingerprint density at radius 2 is 2.38 bits per heavy atom. The summed E-state index contributed by atoms with van der Waals surface area (Å²) in [4.78, 5) is 2.55. The minimum Gasteiger partial charge on any atom is -0.311 e. The third-order valence-corrected chi connectivity index (χ3v) is 3.65. The maximum absolute atomic E-state index is 4.22. The van der Waals surface area contributed by atoms with Gasteiger partial charge < -0.3 is 5.32 Å². The zero-order valence-electron chi connectivity index (χ0n) is 9.89. The van der Waals surface area contributed by atoms with Crippen molar-refractivity contribution in [3.05, 3.63) is 18.0 Å². The minimum atomic E-state index is 0.741. The number of hydrogen-bond donors (Lipinski definition) is 1. The molecule has 1 saturated carbocycles. The molecule has 4 heteroatoms. The molecule has 16 heavy (non-hydrogen) atoms. The van der Waals surface area contributed by atoms with Gasteiger partial charge in [-0.05, 0) is 18.8 Å². The fraction of sp³-hybridized carbons (Fsp3) is 0.750. The Morgan fingerprint density at radius 1 is 1.50 bits per heavy atom. The number of rotatable bonds is 3. The van der Waals surface area contributed by atoms with Crippen LogP contribution >= 0.6 is 0 Å². The highest BCUT2D eigenvalue weighted by Gasteiger charge is 2.33. The summed E-state index contributed by atoms with van der Waals surface area (Å²) in [7, 11) is 1.98. The van der Waals surface area contributed by atoms with E-state index < -0.39 is 0 Å². The quantitative estimate of drug-likeness (QED) is 0.810. The lowest BCUT2D eigenvalue weighted by Gasteiger charge is -2.33. The molecule has 1 unspecified atom stereocenters. The molecule has 2 heterocycles. The van der Waals surface area contributed by atoms with E-state index in [0.29, 0.717) is 0 Å². The van der Waals surface area contributed by atoms with Gasteiger partial charge in [0.15, 0.2) is 0 Å². The fourth-order valence-corrected chi connectivity index (χ4v) is 2.61. The van der Waals surface area contributed by atoms with Crippen molar-refractivity contribution < 1.29 is 0 Å². The van der Waals surface area contributed by atoms with Gasteiger partial charge in [-0.2, -0.15) is 5.10 Å². The molecule has 0 amide bonds. The number of piperazine rings is 1. The Labute approximate surface area is 96.6 Å². The van der Waals surface area contributed by atoms with E-state index in [1.54, 1.807) is 0 Å². The van der Waals surface area contributed by atoms with Gasteiger partial charge >= 0.3 is 0 Å². The average molecular weight is 220 g/mol. The van der Waals surface area contributed by atoms with Crippen LogP contribution in [-0.4, -0.2) is 40.4 Å². The molecule has 0 bridgehead atoms. The maximum Gasteiger partial charge on any atom is 0.0534 e. The number of aromatic nitrogens is 2. The number of hydrogen-bond acceptors (Lipinski definition) is 3. The highest BCUT2D eigenvalue weighted by Crippen LogP contribution is 2.33. The van der Waals surface area contributed by atoms with Crippen molar-refractivity contribution in [1.29, 1.82) is 0 Å². The zero-order chi connectivity index (χ0) is 11.0. The number of nitrogens with one attached hydrogen (secondary N) is 1. The smallest absolute Gasteiger partial charge is 0.0534 e. The van der Waals surface area contributed by atoms with E-state index in [1.165, 1.54) is 24.9 Å². The van der Waals surface area contributed by atoms with Gasteiger partial charge in [-0.25, -0.2) is 0 Å². The second kappa shape index (κ2) is 4.18. The third kappa shape index (κ3) is 2.28. The maximum atomic E-state index is 4.22. The lowest BCUT2D eigenvalue weighted by Crippen LogP contribution is -2.51. The molecule has 1 aromatic heterocycles. The predicted octanol–water partition coefficient (Wildman–Crippen LogP) is 0.604. The molecule has 1 aromatic rings. The van der Waals surface area contributed by atoms with Crippen LogP contribution in [0.15, 0.2) is 12.4 Å². The summed E-state index contributed by atoms with van der Waals surface area (Å²) >= 11 is 0. The highest BCUT2D eigenvalue weighted by atomic mass is 15.3. The van der Waals surface area contributed by atoms with Gasteiger partial charge in [0.1, 0.15) is 0 Å². The van der Waals surface area contributed by atoms with Gasteiger partial charge in [-0.3, -0.25) is 9.58 Å². The van der Waals surface area contributed by atoms with Crippen LogP contribution < -0.4 is 5.32 Å². The van der Waals surface area contributed by atoms with E-state index in [4.69, 9.17) is 0 Å². The van der Waals surface area contributed by atoms with E-state index in [1.807, 2.05) is 17.9 Å². The molecule has 1 saturated heterocycles. The summed E-state index contributed by atoms with van der Waals surface area (Å²) in [5.41, 5.74) is 1.33. The molecule has 4 nitrogen and oxygen atoms in total. The molecule has 3 rings (SSSR count). The predicted molar refractivity (Wildman–Crippen MR) is 63.0 cm³/mol. The summed E-state index contributed by atoms with van der Waals surface area (Å²) in [5.74, 6) is 0.955. The van der Waals surface area contributed by atoms with Gasteiger partial charge in [-0.15, -0.1) is 0 Å². The van der Waals surface area contributed by atoms with Crippen molar-refractivity contribution in [1.82, 2.24) is 20.0 Å². The van der Waals surface area contributed by atoms with E-state index in [-0.39, 0.29) is 0 Å². The van der Waals surface area contributed by atoms with Crippen LogP contribution in [0, 0.1) is 5.92 Å². The first kappa shape index (κ1) is 10.3. The molecule has 2 fully saturated rings. The van der Waals surface area contributed by atoms with Crippen LogP contribution in [0.1, 0.15) is 18.4 Å². The van der Waals surface area contributed by atoms with Gasteiger partial charge in [0.05, 0.1) is 6.20 Å². The van der Waals surface area contributed by atoms with Crippen LogP contribution in [0.5, 0.6) is 0 Å². The fourth-order valence-electron chi connectivity index (χ4n) is 2.61. The first-order chi connectivity index (χ1) is 7.81. The van der Waals surface area contributed by atoms with E-state index >= 15 is 0 Å². The average Bonchev–Trinajstić information content (AvgIpc) is 3.05. The molecule has 88 valence electrons. The van der Waals surface area contributed by atoms with E-state index in [2.05, 4.69) is 21.5 Å². The van der Waals surface area contributed by atoms with Crippen molar-refractivity contribution in [2.45, 2.75) is 25.4 Å². The molecular weight excluding hydrogens is 200 g/mol. The Morgan fingerprint density at radius 3 is 3.06 bits per heavy atom. The first-order valence-electron chi connectivity index (χ1n) is 6.24. The summed E-state index contributed by atoms with van der Waals surface area (Å²) in [5, 5.41) is 7.86. The van der Waals surface area contributed by atoms with Crippen LogP contribution in [0.2, 0.25) is 0 Å². The number of aryl methyl sites for hydroxylation is 1. The van der Waals surface area contributed by atoms with Gasteiger partial charge in [0, 0.05) is 51.0 Å². The molecule has 0 spiro atoms. The van der Waals surface area contributed by atoms with Crippen molar-refractivity contribution in [3.8, 4) is 0 Å². The van der Waals surface area contributed by atoms with E-state index in [9.17, 15) is 0 Å². The monoisotopic (exact) mass is 220 g/mol. The molecule has 1 aliphatic carbocycles. The minimum absolute atomic E-state index is 0.741. The zero-order valence-corrected chi connectivity index (χ0v) is 9.89. The molecule has 1 aliphatic heterocycles. The molecule has 1 atom stereocenters. The summed E-state index contributed by atoms with van der Waals surface area (Å²) in [6, 6.07) is 0.741. The van der Waals surface area contributed by atoms with Gasteiger partial charge in [-0.1, -0.05) is 0 Å². The Kier molecular flexibility index (Phi) is 2.69. The van der Waals surface area contributed by atoms with Gasteiger partial charge in [0.25, 0.3) is 0 Å².